The van der Waals surface area contributed by atoms with E-state index in [1.807, 2.05) is 6.07 Å². The minimum atomic E-state index is -0.362. The van der Waals surface area contributed by atoms with Crippen LogP contribution in [0.5, 0.6) is 0 Å². The largest absolute Gasteiger partial charge is 0.351 e. The van der Waals surface area contributed by atoms with Gasteiger partial charge in [-0.3, -0.25) is 4.79 Å². The zero-order chi connectivity index (χ0) is 11.3. The number of halogens is 2. The molecular formula is C9H7Cl2N3O. The highest BCUT2D eigenvalue weighted by Gasteiger charge is 2.10. The topological polar surface area (TPSA) is 65.8 Å². The Morgan fingerprint density at radius 2 is 2.33 bits per heavy atom. The lowest BCUT2D eigenvalue weighted by atomic mass is 10.2. The second kappa shape index (κ2) is 5.54. The first-order valence-electron chi connectivity index (χ1n) is 4.11. The number of carbonyl (C=O) groups excluding carboxylic acids is 1. The molecule has 0 unspecified atom stereocenters. The molecular weight excluding hydrogens is 237 g/mol. The van der Waals surface area contributed by atoms with E-state index in [2.05, 4.69) is 10.3 Å². The standard InChI is InChI=1S/C9H7Cl2N3O/c10-7-5-14-8(11)4-6(7)9(15)13-3-1-2-12/h4-5H,1,3H2,(H,13,15). The van der Waals surface area contributed by atoms with Gasteiger partial charge in [-0.05, 0) is 6.07 Å². The molecule has 1 N–H and O–H groups in total. The molecule has 1 heterocycles. The first-order valence-corrected chi connectivity index (χ1v) is 4.87. The van der Waals surface area contributed by atoms with E-state index in [9.17, 15) is 4.79 Å². The molecule has 0 bridgehead atoms. The molecule has 0 saturated heterocycles. The molecule has 78 valence electrons. The number of hydrogen-bond acceptors (Lipinski definition) is 3. The third-order valence-electron chi connectivity index (χ3n) is 1.59. The summed E-state index contributed by atoms with van der Waals surface area (Å²) in [5.74, 6) is -0.362. The molecule has 1 aromatic rings. The van der Waals surface area contributed by atoms with Crippen molar-refractivity contribution in [3.63, 3.8) is 0 Å². The summed E-state index contributed by atoms with van der Waals surface area (Å²) in [6, 6.07) is 3.29. The third kappa shape index (κ3) is 3.39. The molecule has 0 atom stereocenters. The lowest BCUT2D eigenvalue weighted by Crippen LogP contribution is -2.24. The van der Waals surface area contributed by atoms with E-state index in [1.54, 1.807) is 0 Å². The van der Waals surface area contributed by atoms with Crippen LogP contribution in [0.4, 0.5) is 0 Å². The number of pyridine rings is 1. The number of carbonyl (C=O) groups is 1. The highest BCUT2D eigenvalue weighted by molar-refractivity contribution is 6.35. The van der Waals surface area contributed by atoms with Gasteiger partial charge in [-0.1, -0.05) is 23.2 Å². The van der Waals surface area contributed by atoms with Crippen molar-refractivity contribution in [2.24, 2.45) is 0 Å². The quantitative estimate of drug-likeness (QED) is 0.653. The molecule has 0 saturated carbocycles. The molecule has 0 spiro atoms. The maximum absolute atomic E-state index is 11.5. The van der Waals surface area contributed by atoms with Crippen molar-refractivity contribution in [1.82, 2.24) is 10.3 Å². The summed E-state index contributed by atoms with van der Waals surface area (Å²) >= 11 is 11.4. The lowest BCUT2D eigenvalue weighted by molar-refractivity contribution is 0.0954. The van der Waals surface area contributed by atoms with Gasteiger partial charge >= 0.3 is 0 Å². The van der Waals surface area contributed by atoms with Gasteiger partial charge in [0.15, 0.2) is 0 Å². The molecule has 4 nitrogen and oxygen atoms in total. The number of nitrogens with zero attached hydrogens (tertiary/aromatic N) is 2. The lowest BCUT2D eigenvalue weighted by Gasteiger charge is -2.04. The summed E-state index contributed by atoms with van der Waals surface area (Å²) in [6.45, 7) is 0.283. The average Bonchev–Trinajstić information content (AvgIpc) is 2.22. The number of hydrogen-bond donors (Lipinski definition) is 1. The van der Waals surface area contributed by atoms with E-state index in [-0.39, 0.29) is 34.6 Å². The van der Waals surface area contributed by atoms with Crippen LogP contribution in [0.15, 0.2) is 12.3 Å². The van der Waals surface area contributed by atoms with E-state index in [0.717, 1.165) is 0 Å². The molecule has 15 heavy (non-hydrogen) atoms. The minimum absolute atomic E-state index is 0.199. The molecule has 0 aliphatic carbocycles. The van der Waals surface area contributed by atoms with Crippen LogP contribution in [-0.4, -0.2) is 17.4 Å². The van der Waals surface area contributed by atoms with E-state index < -0.39 is 0 Å². The van der Waals surface area contributed by atoms with Crippen molar-refractivity contribution in [3.8, 4) is 6.07 Å². The highest BCUT2D eigenvalue weighted by atomic mass is 35.5. The maximum atomic E-state index is 11.5. The summed E-state index contributed by atoms with van der Waals surface area (Å²) in [5, 5.41) is 11.3. The van der Waals surface area contributed by atoms with E-state index in [0.29, 0.717) is 0 Å². The molecule has 1 amide bonds. The average molecular weight is 244 g/mol. The molecule has 1 rings (SSSR count). The first-order chi connectivity index (χ1) is 7.15. The Hall–Kier alpha value is -1.31. The van der Waals surface area contributed by atoms with Crippen LogP contribution in [0.1, 0.15) is 16.8 Å². The minimum Gasteiger partial charge on any atom is -0.351 e. The van der Waals surface area contributed by atoms with Crippen molar-refractivity contribution in [2.45, 2.75) is 6.42 Å². The van der Waals surface area contributed by atoms with Gasteiger partial charge in [0.05, 0.1) is 23.1 Å². The zero-order valence-corrected chi connectivity index (χ0v) is 9.14. The summed E-state index contributed by atoms with van der Waals surface area (Å²) in [7, 11) is 0. The summed E-state index contributed by atoms with van der Waals surface area (Å²) in [5.41, 5.74) is 0.259. The molecule has 0 aromatic carbocycles. The van der Waals surface area contributed by atoms with E-state index in [4.69, 9.17) is 28.5 Å². The van der Waals surface area contributed by atoms with Crippen LogP contribution in [0, 0.1) is 11.3 Å². The fourth-order valence-electron chi connectivity index (χ4n) is 0.914. The monoisotopic (exact) mass is 243 g/mol. The molecule has 0 aliphatic heterocycles. The van der Waals surface area contributed by atoms with E-state index in [1.165, 1.54) is 12.3 Å². The van der Waals surface area contributed by atoms with Gasteiger partial charge in [0.25, 0.3) is 5.91 Å². The molecule has 0 radical (unpaired) electrons. The van der Waals surface area contributed by atoms with Crippen molar-refractivity contribution in [1.29, 1.82) is 5.26 Å². The fraction of sp³-hybridized carbons (Fsp3) is 0.222. The summed E-state index contributed by atoms with van der Waals surface area (Å²) in [4.78, 5) is 15.2. The number of rotatable bonds is 3. The van der Waals surface area contributed by atoms with Crippen LogP contribution >= 0.6 is 23.2 Å². The molecule has 6 heteroatoms. The highest BCUT2D eigenvalue weighted by Crippen LogP contribution is 2.17. The van der Waals surface area contributed by atoms with Crippen molar-refractivity contribution >= 4 is 29.1 Å². The summed E-state index contributed by atoms with van der Waals surface area (Å²) < 4.78 is 0. The van der Waals surface area contributed by atoms with Crippen LogP contribution in [0.25, 0.3) is 0 Å². The Labute approximate surface area is 96.8 Å². The Morgan fingerprint density at radius 3 is 3.00 bits per heavy atom. The van der Waals surface area contributed by atoms with Crippen molar-refractivity contribution in [2.75, 3.05) is 6.54 Å². The second-order valence-corrected chi connectivity index (χ2v) is 3.45. The molecule has 0 aliphatic rings. The fourth-order valence-corrected chi connectivity index (χ4v) is 1.26. The van der Waals surface area contributed by atoms with E-state index >= 15 is 0 Å². The van der Waals surface area contributed by atoms with Crippen molar-refractivity contribution < 1.29 is 4.79 Å². The Morgan fingerprint density at radius 1 is 1.60 bits per heavy atom. The van der Waals surface area contributed by atoms with Gasteiger partial charge in [0.2, 0.25) is 0 Å². The van der Waals surface area contributed by atoms with Gasteiger partial charge in [-0.15, -0.1) is 0 Å². The normalized spacial score (nSPS) is 9.40. The van der Waals surface area contributed by atoms with Gasteiger partial charge < -0.3 is 5.32 Å². The molecule has 0 fully saturated rings. The zero-order valence-electron chi connectivity index (χ0n) is 7.63. The smallest absolute Gasteiger partial charge is 0.252 e. The maximum Gasteiger partial charge on any atom is 0.252 e. The number of aromatic nitrogens is 1. The third-order valence-corrected chi connectivity index (χ3v) is 2.10. The van der Waals surface area contributed by atoms with Crippen LogP contribution in [0.3, 0.4) is 0 Å². The van der Waals surface area contributed by atoms with Crippen LogP contribution in [-0.2, 0) is 0 Å². The van der Waals surface area contributed by atoms with Gasteiger partial charge in [0.1, 0.15) is 5.15 Å². The summed E-state index contributed by atoms with van der Waals surface area (Å²) in [6.07, 6.45) is 1.56. The Kier molecular flexibility index (Phi) is 4.35. The van der Waals surface area contributed by atoms with Crippen LogP contribution in [0.2, 0.25) is 10.2 Å². The Bertz CT molecular complexity index is 414. The SMILES string of the molecule is N#CCCNC(=O)c1cc(Cl)ncc1Cl. The molecule has 1 aromatic heterocycles. The Balaban J connectivity index is 2.73. The van der Waals surface area contributed by atoms with Gasteiger partial charge in [-0.2, -0.15) is 5.26 Å². The second-order valence-electron chi connectivity index (χ2n) is 2.65. The predicted molar refractivity (Wildman–Crippen MR) is 56.8 cm³/mol. The number of amides is 1. The van der Waals surface area contributed by atoms with Crippen molar-refractivity contribution in [3.05, 3.63) is 28.0 Å². The van der Waals surface area contributed by atoms with Gasteiger partial charge in [-0.25, -0.2) is 4.98 Å². The number of nitriles is 1. The first kappa shape index (κ1) is 11.8. The van der Waals surface area contributed by atoms with Crippen LogP contribution < -0.4 is 5.32 Å². The van der Waals surface area contributed by atoms with Gasteiger partial charge in [0, 0.05) is 12.7 Å². The predicted octanol–water partition coefficient (Wildman–Crippen LogP) is 2.03. The number of nitrogens with one attached hydrogen (secondary N) is 1.